The first kappa shape index (κ1) is 20.0. The van der Waals surface area contributed by atoms with E-state index in [1.807, 2.05) is 0 Å². The van der Waals surface area contributed by atoms with Gasteiger partial charge in [-0.25, -0.2) is 4.98 Å². The number of hydrogen-bond acceptors (Lipinski definition) is 6. The van der Waals surface area contributed by atoms with Crippen molar-refractivity contribution in [3.63, 3.8) is 0 Å². The van der Waals surface area contributed by atoms with Gasteiger partial charge in [-0.1, -0.05) is 12.5 Å². The first-order valence-corrected chi connectivity index (χ1v) is 6.36. The van der Waals surface area contributed by atoms with Crippen LogP contribution in [0.1, 0.15) is 25.2 Å². The van der Waals surface area contributed by atoms with Gasteiger partial charge in [-0.15, -0.1) is 10.2 Å². The summed E-state index contributed by atoms with van der Waals surface area (Å²) in [6, 6.07) is 4.07. The van der Waals surface area contributed by atoms with E-state index < -0.39 is 24.1 Å². The molecule has 10 heteroatoms. The van der Waals surface area contributed by atoms with Gasteiger partial charge in [-0.3, -0.25) is 0 Å². The van der Waals surface area contributed by atoms with Gasteiger partial charge in [0.15, 0.2) is 0 Å². The van der Waals surface area contributed by atoms with Gasteiger partial charge in [0.1, 0.15) is 5.69 Å². The van der Waals surface area contributed by atoms with E-state index in [1.54, 1.807) is 0 Å². The van der Waals surface area contributed by atoms with Crippen LogP contribution in [0.15, 0.2) is 22.6 Å². The van der Waals surface area contributed by atoms with Crippen molar-refractivity contribution >= 4 is 0 Å². The predicted molar refractivity (Wildman–Crippen MR) is 68.4 cm³/mol. The molecule has 2 rings (SSSR count). The van der Waals surface area contributed by atoms with E-state index in [4.69, 9.17) is 4.42 Å². The zero-order valence-corrected chi connectivity index (χ0v) is 14.8. The molecule has 6 nitrogen and oxygen atoms in total. The molecule has 0 aromatic carbocycles. The zero-order valence-electron chi connectivity index (χ0n) is 11.9. The number of unbranched alkanes of at least 4 members (excludes halogenated alkanes) is 1. The van der Waals surface area contributed by atoms with Crippen LogP contribution in [0.4, 0.5) is 13.2 Å². The standard InChI is InChI=1S/C13H13F3N3O3.Y/c1-2-3-7-12(21,13(14,15)16)11-19-18-10(22-11)8-5-4-6-9(20)17-8;/h4-6,21H,1-3,7H2,(H,17,20);/q-1;. The molecular formula is C13H13F3N3O3Y-. The minimum atomic E-state index is -4.97. The van der Waals surface area contributed by atoms with Crippen molar-refractivity contribution in [3.8, 4) is 17.5 Å². The maximum absolute atomic E-state index is 13.1. The SMILES string of the molecule is [CH2-]CCCC(O)(c1nnc(-c2cccc(O)n2)o1)C(F)(F)F.[Y]. The van der Waals surface area contributed by atoms with Crippen molar-refractivity contribution in [1.29, 1.82) is 0 Å². The molecule has 0 saturated heterocycles. The number of halogens is 3. The molecule has 0 aliphatic carbocycles. The van der Waals surface area contributed by atoms with Gasteiger partial charge in [0.2, 0.25) is 11.5 Å². The summed E-state index contributed by atoms with van der Waals surface area (Å²) >= 11 is 0. The Balaban J connectivity index is 0.00000264. The average Bonchev–Trinajstić information content (AvgIpc) is 2.93. The first-order chi connectivity index (χ1) is 10.3. The fraction of sp³-hybridized carbons (Fsp3) is 0.385. The Kier molecular flexibility index (Phi) is 6.67. The summed E-state index contributed by atoms with van der Waals surface area (Å²) in [7, 11) is 0. The van der Waals surface area contributed by atoms with E-state index >= 15 is 0 Å². The molecule has 0 fully saturated rings. The summed E-state index contributed by atoms with van der Waals surface area (Å²) in [5.74, 6) is -1.64. The molecule has 0 saturated carbocycles. The van der Waals surface area contributed by atoms with Gasteiger partial charge in [-0.05, 0) is 12.5 Å². The van der Waals surface area contributed by atoms with Crippen LogP contribution in [0.3, 0.4) is 0 Å². The van der Waals surface area contributed by atoms with Crippen LogP contribution in [0.5, 0.6) is 5.88 Å². The molecule has 2 aromatic rings. The van der Waals surface area contributed by atoms with Gasteiger partial charge in [0, 0.05) is 38.8 Å². The van der Waals surface area contributed by atoms with Crippen molar-refractivity contribution in [3.05, 3.63) is 31.0 Å². The molecule has 0 spiro atoms. The monoisotopic (exact) mass is 405 g/mol. The Morgan fingerprint density at radius 2 is 1.91 bits per heavy atom. The molecule has 2 heterocycles. The second-order valence-corrected chi connectivity index (χ2v) is 4.61. The van der Waals surface area contributed by atoms with Crippen LogP contribution < -0.4 is 0 Å². The molecule has 2 aromatic heterocycles. The van der Waals surface area contributed by atoms with Crippen molar-refractivity contribution in [2.24, 2.45) is 0 Å². The largest absolute Gasteiger partial charge is 0.493 e. The quantitative estimate of drug-likeness (QED) is 0.744. The molecule has 1 unspecified atom stereocenters. The normalized spacial score (nSPS) is 14.1. The molecule has 0 bridgehead atoms. The molecule has 1 atom stereocenters. The van der Waals surface area contributed by atoms with Gasteiger partial charge in [0.25, 0.3) is 11.8 Å². The van der Waals surface area contributed by atoms with Crippen molar-refractivity contribution < 1.29 is 60.5 Å². The van der Waals surface area contributed by atoms with Gasteiger partial charge in [0.05, 0.1) is 0 Å². The molecule has 1 radical (unpaired) electrons. The van der Waals surface area contributed by atoms with E-state index in [0.717, 1.165) is 0 Å². The van der Waals surface area contributed by atoms with Gasteiger partial charge in [-0.2, -0.15) is 19.6 Å². The zero-order chi connectivity index (χ0) is 16.4. The molecule has 0 aliphatic heterocycles. The number of aliphatic hydroxyl groups is 1. The second-order valence-electron chi connectivity index (χ2n) is 4.61. The maximum Gasteiger partial charge on any atom is 0.426 e. The number of aromatic nitrogens is 3. The van der Waals surface area contributed by atoms with E-state index in [0.29, 0.717) is 0 Å². The Bertz CT molecular complexity index is 651. The predicted octanol–water partition coefficient (Wildman–Crippen LogP) is 2.59. The Hall–Kier alpha value is -1.06. The number of rotatable bonds is 5. The summed E-state index contributed by atoms with van der Waals surface area (Å²) < 4.78 is 44.3. The Morgan fingerprint density at radius 3 is 2.48 bits per heavy atom. The van der Waals surface area contributed by atoms with Crippen LogP contribution in [-0.2, 0) is 38.3 Å². The van der Waals surface area contributed by atoms with Crippen LogP contribution >= 0.6 is 0 Å². The van der Waals surface area contributed by atoms with E-state index in [2.05, 4.69) is 22.1 Å². The molecule has 0 amide bonds. The third kappa shape index (κ3) is 4.27. The number of nitrogens with zero attached hydrogens (tertiary/aromatic N) is 3. The topological polar surface area (TPSA) is 92.3 Å². The van der Waals surface area contributed by atoms with Crippen LogP contribution in [0.25, 0.3) is 11.6 Å². The Labute approximate surface area is 155 Å². The molecule has 2 N–H and O–H groups in total. The average molecular weight is 405 g/mol. The third-order valence-electron chi connectivity index (χ3n) is 2.99. The summed E-state index contributed by atoms with van der Waals surface area (Å²) in [4.78, 5) is 3.65. The van der Waals surface area contributed by atoms with Gasteiger partial charge < -0.3 is 21.6 Å². The number of hydrogen-bond donors (Lipinski definition) is 2. The summed E-state index contributed by atoms with van der Waals surface area (Å²) in [6.45, 7) is 3.44. The smallest absolute Gasteiger partial charge is 0.426 e. The summed E-state index contributed by atoms with van der Waals surface area (Å²) in [6.07, 6.45) is -5.38. The van der Waals surface area contributed by atoms with E-state index in [-0.39, 0.29) is 63.0 Å². The molecule has 23 heavy (non-hydrogen) atoms. The molecule has 123 valence electrons. The number of alkyl halides is 3. The number of pyridine rings is 1. The van der Waals surface area contributed by atoms with Gasteiger partial charge >= 0.3 is 6.18 Å². The molecule has 0 aliphatic rings. The number of aromatic hydroxyl groups is 1. The molecular weight excluding hydrogens is 392 g/mol. The van der Waals surface area contributed by atoms with Crippen molar-refractivity contribution in [1.82, 2.24) is 15.2 Å². The fourth-order valence-corrected chi connectivity index (χ4v) is 1.79. The van der Waals surface area contributed by atoms with E-state index in [9.17, 15) is 23.4 Å². The van der Waals surface area contributed by atoms with Crippen LogP contribution in [0.2, 0.25) is 0 Å². The minimum absolute atomic E-state index is 0. The fourth-order valence-electron chi connectivity index (χ4n) is 1.79. The van der Waals surface area contributed by atoms with Crippen LogP contribution in [0, 0.1) is 6.92 Å². The van der Waals surface area contributed by atoms with E-state index in [1.165, 1.54) is 18.2 Å². The Morgan fingerprint density at radius 1 is 1.22 bits per heavy atom. The van der Waals surface area contributed by atoms with Crippen LogP contribution in [-0.4, -0.2) is 31.6 Å². The first-order valence-electron chi connectivity index (χ1n) is 6.36. The summed E-state index contributed by atoms with van der Waals surface area (Å²) in [5, 5.41) is 25.9. The second kappa shape index (κ2) is 7.68. The van der Waals surface area contributed by atoms with Crippen molar-refractivity contribution in [2.75, 3.05) is 0 Å². The summed E-state index contributed by atoms with van der Waals surface area (Å²) in [5.41, 5.74) is -3.24. The minimum Gasteiger partial charge on any atom is -0.493 e. The maximum atomic E-state index is 13.1. The van der Waals surface area contributed by atoms with Crippen molar-refractivity contribution in [2.45, 2.75) is 31.0 Å². The third-order valence-corrected chi connectivity index (χ3v) is 2.99.